The second kappa shape index (κ2) is 11.6. The fourth-order valence-electron chi connectivity index (χ4n) is 2.68. The first-order valence-electron chi connectivity index (χ1n) is 9.49. The Kier molecular flexibility index (Phi) is 8.81. The van der Waals surface area contributed by atoms with Crippen LogP contribution in [0, 0.1) is 17.8 Å². The van der Waals surface area contributed by atoms with Gasteiger partial charge in [0.15, 0.2) is 0 Å². The second-order valence-corrected chi connectivity index (χ2v) is 6.60. The Morgan fingerprint density at radius 2 is 1.75 bits per heavy atom. The van der Waals surface area contributed by atoms with Gasteiger partial charge in [0.05, 0.1) is 13.5 Å². The summed E-state index contributed by atoms with van der Waals surface area (Å²) in [5, 5.41) is 2.82. The maximum Gasteiger partial charge on any atom is 0.224 e. The first-order valence-corrected chi connectivity index (χ1v) is 9.49. The predicted octanol–water partition coefficient (Wildman–Crippen LogP) is 3.47. The zero-order valence-electron chi connectivity index (χ0n) is 16.5. The molecule has 0 aliphatic carbocycles. The van der Waals surface area contributed by atoms with Gasteiger partial charge in [-0.25, -0.2) is 0 Å². The molecule has 0 saturated carbocycles. The lowest BCUT2D eigenvalue weighted by Gasteiger charge is -2.11. The van der Waals surface area contributed by atoms with Crippen LogP contribution in [0.2, 0.25) is 0 Å². The highest BCUT2D eigenvalue weighted by molar-refractivity contribution is 5.79. The maximum absolute atomic E-state index is 12.1. The molecule has 0 bridgehead atoms. The van der Waals surface area contributed by atoms with Crippen LogP contribution < -0.4 is 10.1 Å². The molecule has 2 rings (SSSR count). The molecule has 1 atom stereocenters. The molecule has 0 aromatic heterocycles. The average molecular weight is 376 g/mol. The molecule has 145 valence electrons. The zero-order chi connectivity index (χ0) is 20.2. The fourth-order valence-corrected chi connectivity index (χ4v) is 2.68. The number of methoxy groups -OCH3 is 1. The number of ether oxygens (including phenoxy) is 1. The Morgan fingerprint density at radius 3 is 2.36 bits per heavy atom. The first kappa shape index (κ1) is 21.2. The van der Waals surface area contributed by atoms with E-state index in [4.69, 9.17) is 4.74 Å². The average Bonchev–Trinajstić information content (AvgIpc) is 2.73. The summed E-state index contributed by atoms with van der Waals surface area (Å²) in [5.41, 5.74) is 2.89. The van der Waals surface area contributed by atoms with Crippen molar-refractivity contribution in [2.75, 3.05) is 13.7 Å². The Bertz CT molecular complexity index is 814. The molecule has 1 N–H and O–H groups in total. The van der Waals surface area contributed by atoms with Crippen LogP contribution in [-0.2, 0) is 22.4 Å². The third-order valence-electron chi connectivity index (χ3n) is 4.28. The molecule has 0 aliphatic heterocycles. The van der Waals surface area contributed by atoms with Gasteiger partial charge in [0.1, 0.15) is 5.75 Å². The minimum Gasteiger partial charge on any atom is -0.497 e. The molecule has 1 radical (unpaired) electrons. The standard InChI is InChI=1S/C24H26NO3/c1-3-4-5-6-19-7-9-20(10-8-19)15-22(18-26)17-25-24(27)16-21-11-13-23(28-2)14-12-21/h7-14,22H,3-4,15-17H2,1-2H3,(H,25,27). The maximum atomic E-state index is 12.1. The lowest BCUT2D eigenvalue weighted by Crippen LogP contribution is -2.32. The number of benzene rings is 2. The molecule has 4 nitrogen and oxygen atoms in total. The third kappa shape index (κ3) is 7.28. The van der Waals surface area contributed by atoms with Gasteiger partial charge in [-0.15, -0.1) is 0 Å². The Balaban J connectivity index is 1.82. The quantitative estimate of drug-likeness (QED) is 0.682. The van der Waals surface area contributed by atoms with Crippen LogP contribution >= 0.6 is 0 Å². The fraction of sp³-hybridized carbons (Fsp3) is 0.333. The summed E-state index contributed by atoms with van der Waals surface area (Å²) in [6.07, 6.45) is 4.77. The second-order valence-electron chi connectivity index (χ2n) is 6.60. The van der Waals surface area contributed by atoms with E-state index >= 15 is 0 Å². The summed E-state index contributed by atoms with van der Waals surface area (Å²) in [6.45, 7) is 2.38. The van der Waals surface area contributed by atoms with Gasteiger partial charge in [-0.05, 0) is 48.2 Å². The van der Waals surface area contributed by atoms with Crippen LogP contribution in [0.25, 0.3) is 0 Å². The van der Waals surface area contributed by atoms with E-state index in [1.54, 1.807) is 7.11 Å². The number of hydrogen-bond donors (Lipinski definition) is 1. The summed E-state index contributed by atoms with van der Waals surface area (Å²) >= 11 is 0. The van der Waals surface area contributed by atoms with E-state index in [0.717, 1.165) is 35.3 Å². The van der Waals surface area contributed by atoms with E-state index < -0.39 is 0 Å². The first-order chi connectivity index (χ1) is 13.6. The van der Waals surface area contributed by atoms with Gasteiger partial charge >= 0.3 is 0 Å². The van der Waals surface area contributed by atoms with E-state index in [1.165, 1.54) is 0 Å². The van der Waals surface area contributed by atoms with E-state index in [0.29, 0.717) is 6.42 Å². The van der Waals surface area contributed by atoms with Crippen molar-refractivity contribution in [3.8, 4) is 17.6 Å². The van der Waals surface area contributed by atoms with Crippen molar-refractivity contribution in [2.24, 2.45) is 5.92 Å². The summed E-state index contributed by atoms with van der Waals surface area (Å²) in [7, 11) is 1.60. The van der Waals surface area contributed by atoms with Crippen LogP contribution in [0.1, 0.15) is 36.5 Å². The summed E-state index contributed by atoms with van der Waals surface area (Å²) in [4.78, 5) is 23.4. The minimum atomic E-state index is -0.378. The van der Waals surface area contributed by atoms with Crippen molar-refractivity contribution >= 4 is 12.2 Å². The Morgan fingerprint density at radius 1 is 1.07 bits per heavy atom. The number of hydrogen-bond acceptors (Lipinski definition) is 3. The monoisotopic (exact) mass is 376 g/mol. The number of carbonyl (C=O) groups is 1. The molecule has 1 unspecified atom stereocenters. The number of carbonyl (C=O) groups excluding carboxylic acids is 2. The van der Waals surface area contributed by atoms with Gasteiger partial charge in [0.2, 0.25) is 12.2 Å². The predicted molar refractivity (Wildman–Crippen MR) is 111 cm³/mol. The van der Waals surface area contributed by atoms with Crippen molar-refractivity contribution in [3.63, 3.8) is 0 Å². The van der Waals surface area contributed by atoms with Crippen molar-refractivity contribution in [3.05, 3.63) is 65.2 Å². The van der Waals surface area contributed by atoms with Crippen LogP contribution in [0.4, 0.5) is 0 Å². The number of unbranched alkanes of at least 4 members (excludes halogenated alkanes) is 1. The van der Waals surface area contributed by atoms with Crippen LogP contribution in [-0.4, -0.2) is 25.8 Å². The van der Waals surface area contributed by atoms with Crippen LogP contribution in [0.15, 0.2) is 48.5 Å². The van der Waals surface area contributed by atoms with Crippen molar-refractivity contribution in [2.45, 2.75) is 32.6 Å². The largest absolute Gasteiger partial charge is 0.497 e. The Labute approximate surface area is 167 Å². The number of amides is 1. The Hall–Kier alpha value is -3.06. The van der Waals surface area contributed by atoms with Gasteiger partial charge in [-0.2, -0.15) is 0 Å². The third-order valence-corrected chi connectivity index (χ3v) is 4.28. The number of rotatable bonds is 9. The lowest BCUT2D eigenvalue weighted by molar-refractivity contribution is -0.120. The molecule has 0 saturated heterocycles. The van der Waals surface area contributed by atoms with E-state index in [-0.39, 0.29) is 24.8 Å². The molecule has 0 heterocycles. The summed E-state index contributed by atoms with van der Waals surface area (Å²) in [5.74, 6) is 6.49. The minimum absolute atomic E-state index is 0.119. The molecule has 2 aromatic rings. The molecule has 0 aliphatic rings. The van der Waals surface area contributed by atoms with Crippen molar-refractivity contribution < 1.29 is 14.3 Å². The highest BCUT2D eigenvalue weighted by Crippen LogP contribution is 2.12. The molecule has 2 aromatic carbocycles. The van der Waals surface area contributed by atoms with E-state index in [9.17, 15) is 9.59 Å². The molecule has 28 heavy (non-hydrogen) atoms. The summed E-state index contributed by atoms with van der Waals surface area (Å²) in [6, 6.07) is 15.2. The highest BCUT2D eigenvalue weighted by Gasteiger charge is 2.12. The number of nitrogens with one attached hydrogen (secondary N) is 1. The van der Waals surface area contributed by atoms with Gasteiger partial charge in [-0.3, -0.25) is 9.59 Å². The smallest absolute Gasteiger partial charge is 0.224 e. The topological polar surface area (TPSA) is 55.4 Å². The molecule has 0 fully saturated rings. The molecular formula is C24H26NO3. The normalized spacial score (nSPS) is 11.1. The van der Waals surface area contributed by atoms with Gasteiger partial charge in [0.25, 0.3) is 0 Å². The van der Waals surface area contributed by atoms with Crippen molar-refractivity contribution in [1.29, 1.82) is 0 Å². The SMILES string of the molecule is CCCC#Cc1ccc(CC([C]=O)CNC(=O)Cc2ccc(OC)cc2)cc1. The van der Waals surface area contributed by atoms with Crippen molar-refractivity contribution in [1.82, 2.24) is 5.32 Å². The van der Waals surface area contributed by atoms with E-state index in [2.05, 4.69) is 24.1 Å². The highest BCUT2D eigenvalue weighted by atomic mass is 16.5. The van der Waals surface area contributed by atoms with E-state index in [1.807, 2.05) is 54.8 Å². The summed E-state index contributed by atoms with van der Waals surface area (Å²) < 4.78 is 5.11. The molecule has 0 spiro atoms. The van der Waals surface area contributed by atoms with Crippen LogP contribution in [0.3, 0.4) is 0 Å². The van der Waals surface area contributed by atoms with Gasteiger partial charge in [-0.1, -0.05) is 43.0 Å². The van der Waals surface area contributed by atoms with Crippen LogP contribution in [0.5, 0.6) is 5.75 Å². The molecule has 4 heteroatoms. The molecule has 1 amide bonds. The van der Waals surface area contributed by atoms with Gasteiger partial charge in [0, 0.05) is 24.4 Å². The zero-order valence-corrected chi connectivity index (χ0v) is 16.5. The van der Waals surface area contributed by atoms with Gasteiger partial charge < -0.3 is 10.1 Å². The molecular weight excluding hydrogens is 350 g/mol. The lowest BCUT2D eigenvalue weighted by atomic mass is 9.99.